The van der Waals surface area contributed by atoms with Crippen LogP contribution in [0.15, 0.2) is 60.0 Å². The van der Waals surface area contributed by atoms with Crippen molar-refractivity contribution in [1.29, 1.82) is 0 Å². The van der Waals surface area contributed by atoms with Crippen LogP contribution in [0.25, 0.3) is 11.0 Å². The fourth-order valence-corrected chi connectivity index (χ4v) is 2.07. The molecular weight excluding hydrogens is 282 g/mol. The lowest BCUT2D eigenvalue weighted by molar-refractivity contribution is 1.02. The van der Waals surface area contributed by atoms with Gasteiger partial charge in [0.2, 0.25) is 0 Å². The van der Waals surface area contributed by atoms with Crippen molar-refractivity contribution >= 4 is 11.0 Å². The maximum absolute atomic E-state index is 4.26. The van der Waals surface area contributed by atoms with Crippen LogP contribution < -0.4 is 5.32 Å². The minimum atomic E-state index is 0.876. The van der Waals surface area contributed by atoms with Gasteiger partial charge >= 0.3 is 0 Å². The van der Waals surface area contributed by atoms with Gasteiger partial charge in [0.1, 0.15) is 5.65 Å². The number of rotatable bonds is 1. The molecule has 0 fully saturated rings. The SMILES string of the molecule is CCC.CNC1=CCC=C(C#Cc2cc3cccnc3[nH]2)C=C1. The summed E-state index contributed by atoms with van der Waals surface area (Å²) in [5.41, 5.74) is 3.91. The van der Waals surface area contributed by atoms with E-state index in [1.165, 1.54) is 6.42 Å². The minimum absolute atomic E-state index is 0.876. The predicted molar refractivity (Wildman–Crippen MR) is 97.9 cm³/mol. The van der Waals surface area contributed by atoms with Gasteiger partial charge in [-0.25, -0.2) is 4.98 Å². The van der Waals surface area contributed by atoms with Crippen LogP contribution in [-0.2, 0) is 0 Å². The number of nitrogens with one attached hydrogen (secondary N) is 2. The first-order valence-electron chi connectivity index (χ1n) is 7.98. The summed E-state index contributed by atoms with van der Waals surface area (Å²) in [6.07, 6.45) is 12.2. The van der Waals surface area contributed by atoms with E-state index in [9.17, 15) is 0 Å². The number of hydrogen-bond acceptors (Lipinski definition) is 2. The molecule has 3 rings (SSSR count). The van der Waals surface area contributed by atoms with E-state index in [4.69, 9.17) is 0 Å². The van der Waals surface area contributed by atoms with Gasteiger partial charge in [-0.2, -0.15) is 0 Å². The first-order valence-corrected chi connectivity index (χ1v) is 7.98. The topological polar surface area (TPSA) is 40.7 Å². The highest BCUT2D eigenvalue weighted by Gasteiger charge is 1.98. The Labute approximate surface area is 138 Å². The van der Waals surface area contributed by atoms with Crippen LogP contribution in [0.2, 0.25) is 0 Å². The van der Waals surface area contributed by atoms with Gasteiger partial charge < -0.3 is 10.3 Å². The Balaban J connectivity index is 0.000000595. The van der Waals surface area contributed by atoms with Crippen LogP contribution in [0.5, 0.6) is 0 Å². The van der Waals surface area contributed by atoms with Crippen molar-refractivity contribution in [3.63, 3.8) is 0 Å². The Morgan fingerprint density at radius 2 is 2.04 bits per heavy atom. The van der Waals surface area contributed by atoms with E-state index in [0.717, 1.165) is 34.4 Å². The highest BCUT2D eigenvalue weighted by Crippen LogP contribution is 2.12. The van der Waals surface area contributed by atoms with Crippen molar-refractivity contribution in [1.82, 2.24) is 15.3 Å². The standard InChI is InChI=1S/C17H15N3.C3H8/c1-18-15-6-2-4-13(7-9-15)8-10-16-12-14-5-3-11-19-17(14)20-16;1-3-2/h3-7,9,11-12,18H,2H2,1H3,(H,19,20);3H2,1-2H3. The Hall–Kier alpha value is -2.73. The molecule has 2 aromatic heterocycles. The molecule has 1 aliphatic rings. The van der Waals surface area contributed by atoms with Crippen molar-refractivity contribution in [3.05, 3.63) is 65.7 Å². The first-order chi connectivity index (χ1) is 11.3. The molecule has 3 heteroatoms. The molecule has 0 unspecified atom stereocenters. The zero-order valence-electron chi connectivity index (χ0n) is 14.0. The van der Waals surface area contributed by atoms with E-state index < -0.39 is 0 Å². The lowest BCUT2D eigenvalue weighted by Crippen LogP contribution is -2.01. The molecule has 0 aromatic carbocycles. The summed E-state index contributed by atoms with van der Waals surface area (Å²) in [5.74, 6) is 6.34. The highest BCUT2D eigenvalue weighted by atomic mass is 14.8. The number of aromatic amines is 1. The van der Waals surface area contributed by atoms with Gasteiger partial charge in [0.05, 0.1) is 5.69 Å². The van der Waals surface area contributed by atoms with Gasteiger partial charge in [-0.1, -0.05) is 38.3 Å². The van der Waals surface area contributed by atoms with Crippen LogP contribution in [0.4, 0.5) is 0 Å². The Bertz CT molecular complexity index is 762. The van der Waals surface area contributed by atoms with Crippen molar-refractivity contribution in [2.24, 2.45) is 0 Å². The quantitative estimate of drug-likeness (QED) is 0.770. The molecule has 2 aromatic rings. The first kappa shape index (κ1) is 16.6. The van der Waals surface area contributed by atoms with Crippen LogP contribution >= 0.6 is 0 Å². The molecule has 0 bridgehead atoms. The van der Waals surface area contributed by atoms with Gasteiger partial charge in [0.25, 0.3) is 0 Å². The lowest BCUT2D eigenvalue weighted by atomic mass is 10.2. The Kier molecular flexibility index (Phi) is 6.26. The van der Waals surface area contributed by atoms with Crippen LogP contribution in [0.3, 0.4) is 0 Å². The summed E-state index contributed by atoms with van der Waals surface area (Å²) in [5, 5.41) is 4.22. The van der Waals surface area contributed by atoms with Crippen molar-refractivity contribution in [3.8, 4) is 11.8 Å². The van der Waals surface area contributed by atoms with E-state index in [1.54, 1.807) is 6.20 Å². The lowest BCUT2D eigenvalue weighted by Gasteiger charge is -1.95. The molecule has 3 nitrogen and oxygen atoms in total. The number of fused-ring (bicyclic) bond motifs is 1. The fourth-order valence-electron chi connectivity index (χ4n) is 2.07. The summed E-state index contributed by atoms with van der Waals surface area (Å²) in [6.45, 7) is 4.25. The van der Waals surface area contributed by atoms with Gasteiger partial charge in [0.15, 0.2) is 0 Å². The van der Waals surface area contributed by atoms with E-state index in [1.807, 2.05) is 37.4 Å². The molecule has 0 saturated heterocycles. The molecule has 0 radical (unpaired) electrons. The summed E-state index contributed by atoms with van der Waals surface area (Å²) in [4.78, 5) is 7.47. The molecule has 0 saturated carbocycles. The third kappa shape index (κ3) is 4.89. The van der Waals surface area contributed by atoms with Crippen molar-refractivity contribution in [2.75, 3.05) is 7.05 Å². The summed E-state index contributed by atoms with van der Waals surface area (Å²) < 4.78 is 0. The number of nitrogens with zero attached hydrogens (tertiary/aromatic N) is 1. The summed E-state index contributed by atoms with van der Waals surface area (Å²) in [7, 11) is 1.92. The van der Waals surface area contributed by atoms with E-state index in [-0.39, 0.29) is 0 Å². The third-order valence-electron chi connectivity index (χ3n) is 3.14. The van der Waals surface area contributed by atoms with Crippen molar-refractivity contribution in [2.45, 2.75) is 26.7 Å². The van der Waals surface area contributed by atoms with E-state index >= 15 is 0 Å². The second-order valence-electron chi connectivity index (χ2n) is 5.22. The zero-order chi connectivity index (χ0) is 16.5. The molecule has 0 aliphatic heterocycles. The average Bonchev–Trinajstić information content (AvgIpc) is 2.84. The molecule has 23 heavy (non-hydrogen) atoms. The molecule has 0 amide bonds. The molecule has 0 spiro atoms. The van der Waals surface area contributed by atoms with Gasteiger partial charge in [0, 0.05) is 29.9 Å². The normalized spacial score (nSPS) is 13.0. The van der Waals surface area contributed by atoms with Crippen molar-refractivity contribution < 1.29 is 0 Å². The fraction of sp³-hybridized carbons (Fsp3) is 0.250. The van der Waals surface area contributed by atoms with Crippen LogP contribution in [0.1, 0.15) is 32.4 Å². The average molecular weight is 305 g/mol. The molecule has 1 aliphatic carbocycles. The zero-order valence-corrected chi connectivity index (χ0v) is 14.0. The smallest absolute Gasteiger partial charge is 0.138 e. The number of hydrogen-bond donors (Lipinski definition) is 2. The number of aromatic nitrogens is 2. The minimum Gasteiger partial charge on any atom is -0.388 e. The highest BCUT2D eigenvalue weighted by molar-refractivity contribution is 5.77. The number of likely N-dealkylation sites (N-methyl/N-ethyl adjacent to an activating group) is 1. The monoisotopic (exact) mass is 305 g/mol. The molecule has 0 atom stereocenters. The summed E-state index contributed by atoms with van der Waals surface area (Å²) in [6, 6.07) is 5.97. The van der Waals surface area contributed by atoms with E-state index in [2.05, 4.69) is 53.1 Å². The van der Waals surface area contributed by atoms with Gasteiger partial charge in [-0.15, -0.1) is 0 Å². The van der Waals surface area contributed by atoms with Gasteiger partial charge in [-0.3, -0.25) is 0 Å². The number of pyridine rings is 1. The predicted octanol–water partition coefficient (Wildman–Crippen LogP) is 4.32. The Morgan fingerprint density at radius 1 is 1.22 bits per heavy atom. The third-order valence-corrected chi connectivity index (χ3v) is 3.14. The second-order valence-corrected chi connectivity index (χ2v) is 5.22. The Morgan fingerprint density at radius 3 is 2.78 bits per heavy atom. The van der Waals surface area contributed by atoms with Crippen LogP contribution in [-0.4, -0.2) is 17.0 Å². The molecule has 2 heterocycles. The number of H-pyrrole nitrogens is 1. The molecule has 2 N–H and O–H groups in total. The van der Waals surface area contributed by atoms with Gasteiger partial charge in [-0.05, 0) is 42.7 Å². The molecular formula is C20H23N3. The second kappa shape index (κ2) is 8.65. The maximum atomic E-state index is 4.26. The maximum Gasteiger partial charge on any atom is 0.138 e. The molecule has 118 valence electrons. The van der Waals surface area contributed by atoms with E-state index in [0.29, 0.717) is 0 Å². The summed E-state index contributed by atoms with van der Waals surface area (Å²) >= 11 is 0. The van der Waals surface area contributed by atoms with Crippen LogP contribution in [0, 0.1) is 11.8 Å². The largest absolute Gasteiger partial charge is 0.388 e. The number of allylic oxidation sites excluding steroid dienone is 5.